The van der Waals surface area contributed by atoms with Gasteiger partial charge in [0.15, 0.2) is 0 Å². The Kier molecular flexibility index (Phi) is 2.84. The number of nitrogens with one attached hydrogen (secondary N) is 1. The number of aromatic nitrogens is 4. The first-order chi connectivity index (χ1) is 8.84. The molecular formula is C12H15N5O. The van der Waals surface area contributed by atoms with Gasteiger partial charge >= 0.3 is 6.03 Å². The fourth-order valence-electron chi connectivity index (χ4n) is 2.54. The summed E-state index contributed by atoms with van der Waals surface area (Å²) in [6.07, 6.45) is 13.5. The quantitative estimate of drug-likeness (QED) is 0.870. The highest BCUT2D eigenvalue weighted by Crippen LogP contribution is 2.29. The second kappa shape index (κ2) is 4.64. The van der Waals surface area contributed by atoms with Gasteiger partial charge in [-0.1, -0.05) is 0 Å². The summed E-state index contributed by atoms with van der Waals surface area (Å²) in [5.41, 5.74) is 0. The van der Waals surface area contributed by atoms with Crippen LogP contribution in [0.15, 0.2) is 37.4 Å². The van der Waals surface area contributed by atoms with Gasteiger partial charge in [-0.05, 0) is 19.3 Å². The summed E-state index contributed by atoms with van der Waals surface area (Å²) in [5.74, 6) is 0. The molecule has 1 fully saturated rings. The summed E-state index contributed by atoms with van der Waals surface area (Å²) in [6, 6.07) is 0.346. The third kappa shape index (κ3) is 2.01. The van der Waals surface area contributed by atoms with Crippen LogP contribution in [0, 0.1) is 0 Å². The topological polar surface area (TPSA) is 64.7 Å². The number of hydrogen-bond acceptors (Lipinski definition) is 3. The molecular weight excluding hydrogens is 230 g/mol. The molecule has 0 spiro atoms. The number of nitrogens with zero attached hydrogens (tertiary/aromatic N) is 4. The van der Waals surface area contributed by atoms with E-state index in [0.29, 0.717) is 6.04 Å². The second-order valence-electron chi connectivity index (χ2n) is 4.53. The molecule has 0 aromatic carbocycles. The van der Waals surface area contributed by atoms with Crippen molar-refractivity contribution in [1.29, 1.82) is 0 Å². The molecule has 2 atom stereocenters. The Morgan fingerprint density at radius 2 is 2.00 bits per heavy atom. The second-order valence-corrected chi connectivity index (χ2v) is 4.53. The van der Waals surface area contributed by atoms with E-state index in [-0.39, 0.29) is 12.1 Å². The van der Waals surface area contributed by atoms with Crippen molar-refractivity contribution in [2.75, 3.05) is 0 Å². The maximum Gasteiger partial charge on any atom is 0.327 e. The Hall–Kier alpha value is -2.11. The molecule has 18 heavy (non-hydrogen) atoms. The first kappa shape index (κ1) is 11.0. The number of rotatable bonds is 2. The van der Waals surface area contributed by atoms with Crippen LogP contribution in [0.25, 0.3) is 0 Å². The number of carbonyl (C=O) groups excluding carboxylic acids is 1. The predicted octanol–water partition coefficient (Wildman–Crippen LogP) is 1.43. The van der Waals surface area contributed by atoms with Crippen molar-refractivity contribution in [3.63, 3.8) is 0 Å². The molecule has 1 aliphatic carbocycles. The number of carbonyl (C=O) groups is 1. The van der Waals surface area contributed by atoms with E-state index in [9.17, 15) is 4.79 Å². The van der Waals surface area contributed by atoms with Crippen LogP contribution >= 0.6 is 0 Å². The van der Waals surface area contributed by atoms with Crippen LogP contribution in [0.4, 0.5) is 4.79 Å². The summed E-state index contributed by atoms with van der Waals surface area (Å²) < 4.78 is 3.54. The normalized spacial score (nSPS) is 23.1. The highest BCUT2D eigenvalue weighted by atomic mass is 16.2. The van der Waals surface area contributed by atoms with E-state index in [1.165, 1.54) is 10.9 Å². The molecule has 0 aliphatic heterocycles. The van der Waals surface area contributed by atoms with Gasteiger partial charge in [-0.2, -0.15) is 0 Å². The van der Waals surface area contributed by atoms with Crippen LogP contribution in [-0.4, -0.2) is 31.2 Å². The van der Waals surface area contributed by atoms with Crippen LogP contribution in [0.1, 0.15) is 25.3 Å². The number of amides is 1. The summed E-state index contributed by atoms with van der Waals surface area (Å²) in [4.78, 5) is 19.9. The zero-order valence-electron chi connectivity index (χ0n) is 9.94. The molecule has 1 N–H and O–H groups in total. The van der Waals surface area contributed by atoms with Gasteiger partial charge in [0, 0.05) is 24.8 Å². The monoisotopic (exact) mass is 245 g/mol. The molecule has 6 nitrogen and oxygen atoms in total. The summed E-state index contributed by atoms with van der Waals surface area (Å²) in [6.45, 7) is 0. The number of hydrogen-bond donors (Lipinski definition) is 1. The fraction of sp³-hybridized carbons (Fsp3) is 0.417. The standard InChI is InChI=1S/C12H15N5O/c18-12(17-7-5-14-9-17)15-10-2-1-3-11(10)16-6-4-13-8-16/h4-11H,1-3H2,(H,15,18). The molecule has 1 aliphatic rings. The number of imidazole rings is 2. The minimum atomic E-state index is -0.121. The molecule has 2 heterocycles. The Bertz CT molecular complexity index is 505. The van der Waals surface area contributed by atoms with Crippen LogP contribution in [0.5, 0.6) is 0 Å². The maximum absolute atomic E-state index is 12.0. The summed E-state index contributed by atoms with van der Waals surface area (Å²) in [5, 5.41) is 3.06. The van der Waals surface area contributed by atoms with Crippen molar-refractivity contribution < 1.29 is 4.79 Å². The maximum atomic E-state index is 12.0. The Morgan fingerprint density at radius 1 is 1.17 bits per heavy atom. The molecule has 2 aromatic heterocycles. The third-order valence-electron chi connectivity index (χ3n) is 3.44. The Labute approximate surface area is 105 Å². The van der Waals surface area contributed by atoms with Gasteiger partial charge < -0.3 is 9.88 Å². The lowest BCUT2D eigenvalue weighted by Gasteiger charge is -2.22. The lowest BCUT2D eigenvalue weighted by Crippen LogP contribution is -2.40. The first-order valence-corrected chi connectivity index (χ1v) is 6.11. The van der Waals surface area contributed by atoms with Gasteiger partial charge in [-0.25, -0.2) is 14.8 Å². The van der Waals surface area contributed by atoms with Crippen molar-refractivity contribution >= 4 is 6.03 Å². The molecule has 0 radical (unpaired) electrons. The van der Waals surface area contributed by atoms with Crippen molar-refractivity contribution in [3.8, 4) is 0 Å². The Morgan fingerprint density at radius 3 is 2.72 bits per heavy atom. The summed E-state index contributed by atoms with van der Waals surface area (Å²) >= 11 is 0. The molecule has 0 saturated heterocycles. The third-order valence-corrected chi connectivity index (χ3v) is 3.44. The van der Waals surface area contributed by atoms with Crippen LogP contribution in [0.3, 0.4) is 0 Å². The zero-order valence-corrected chi connectivity index (χ0v) is 9.94. The minimum Gasteiger partial charge on any atom is -0.333 e. The van der Waals surface area contributed by atoms with Crippen molar-refractivity contribution in [2.24, 2.45) is 0 Å². The fourth-order valence-corrected chi connectivity index (χ4v) is 2.54. The lowest BCUT2D eigenvalue weighted by atomic mass is 10.2. The largest absolute Gasteiger partial charge is 0.333 e. The van der Waals surface area contributed by atoms with E-state index in [0.717, 1.165) is 19.3 Å². The van der Waals surface area contributed by atoms with Gasteiger partial charge in [0.25, 0.3) is 0 Å². The molecule has 1 amide bonds. The zero-order chi connectivity index (χ0) is 12.4. The van der Waals surface area contributed by atoms with Gasteiger partial charge in [0.2, 0.25) is 0 Å². The molecule has 2 aromatic rings. The SMILES string of the molecule is O=C(NC1CCCC1n1ccnc1)n1ccnc1. The van der Waals surface area contributed by atoms with E-state index < -0.39 is 0 Å². The molecule has 2 unspecified atom stereocenters. The van der Waals surface area contributed by atoms with Crippen molar-refractivity contribution in [2.45, 2.75) is 31.3 Å². The van der Waals surface area contributed by atoms with Crippen LogP contribution < -0.4 is 5.32 Å². The lowest BCUT2D eigenvalue weighted by molar-refractivity contribution is 0.235. The molecule has 1 saturated carbocycles. The first-order valence-electron chi connectivity index (χ1n) is 6.11. The van der Waals surface area contributed by atoms with E-state index >= 15 is 0 Å². The Balaban J connectivity index is 1.70. The van der Waals surface area contributed by atoms with Crippen LogP contribution in [-0.2, 0) is 0 Å². The van der Waals surface area contributed by atoms with E-state index in [1.807, 2.05) is 12.5 Å². The van der Waals surface area contributed by atoms with Gasteiger partial charge in [-0.15, -0.1) is 0 Å². The average molecular weight is 245 g/mol. The van der Waals surface area contributed by atoms with E-state index in [2.05, 4.69) is 19.9 Å². The smallest absolute Gasteiger partial charge is 0.327 e. The summed E-state index contributed by atoms with van der Waals surface area (Å²) in [7, 11) is 0. The minimum absolute atomic E-state index is 0.121. The van der Waals surface area contributed by atoms with Gasteiger partial charge in [0.05, 0.1) is 18.4 Å². The highest BCUT2D eigenvalue weighted by molar-refractivity contribution is 5.76. The molecule has 94 valence electrons. The molecule has 6 heteroatoms. The van der Waals surface area contributed by atoms with E-state index in [1.54, 1.807) is 18.6 Å². The molecule has 3 rings (SSSR count). The van der Waals surface area contributed by atoms with Crippen molar-refractivity contribution in [3.05, 3.63) is 37.4 Å². The van der Waals surface area contributed by atoms with Crippen molar-refractivity contribution in [1.82, 2.24) is 24.4 Å². The average Bonchev–Trinajstić information content (AvgIpc) is 3.11. The van der Waals surface area contributed by atoms with Gasteiger partial charge in [0.1, 0.15) is 6.33 Å². The molecule has 0 bridgehead atoms. The van der Waals surface area contributed by atoms with Crippen LogP contribution in [0.2, 0.25) is 0 Å². The van der Waals surface area contributed by atoms with E-state index in [4.69, 9.17) is 0 Å². The highest BCUT2D eigenvalue weighted by Gasteiger charge is 2.29. The van der Waals surface area contributed by atoms with Gasteiger partial charge in [-0.3, -0.25) is 4.57 Å². The predicted molar refractivity (Wildman–Crippen MR) is 65.1 cm³/mol.